The van der Waals surface area contributed by atoms with Crippen LogP contribution < -0.4 is 0 Å². The molecule has 0 aliphatic carbocycles. The first-order valence-electron chi connectivity index (χ1n) is 12.2. The zero-order valence-corrected chi connectivity index (χ0v) is 15.5. The van der Waals surface area contributed by atoms with Gasteiger partial charge in [-0.2, -0.15) is 0 Å². The maximum atomic E-state index is 8.08. The molecule has 0 bridgehead atoms. The van der Waals surface area contributed by atoms with Crippen LogP contribution in [0.25, 0.3) is 28.1 Å². The Morgan fingerprint density at radius 3 is 2.07 bits per heavy atom. The van der Waals surface area contributed by atoms with Crippen LogP contribution in [0.5, 0.6) is 0 Å². The van der Waals surface area contributed by atoms with E-state index in [4.69, 9.17) is 13.2 Å². The third kappa shape index (κ3) is 3.06. The molecule has 0 N–H and O–H groups in total. The number of nitrogens with zero attached hydrogens (tertiary/aromatic N) is 2. The molecule has 27 heavy (non-hydrogen) atoms. The molecule has 136 valence electrons. The summed E-state index contributed by atoms with van der Waals surface area (Å²) in [5.41, 5.74) is 4.13. The van der Waals surface area contributed by atoms with Crippen molar-refractivity contribution in [2.45, 2.75) is 39.4 Å². The highest BCUT2D eigenvalue weighted by molar-refractivity contribution is 5.84. The first kappa shape index (κ1) is 11.8. The Morgan fingerprint density at radius 1 is 0.778 bits per heavy atom. The van der Waals surface area contributed by atoms with Crippen molar-refractivity contribution in [3.05, 3.63) is 83.9 Å². The molecule has 0 radical (unpaired) electrons. The first-order chi connectivity index (χ1) is 15.5. The van der Waals surface area contributed by atoms with E-state index in [9.17, 15) is 0 Å². The van der Waals surface area contributed by atoms with Crippen molar-refractivity contribution in [2.75, 3.05) is 0 Å². The highest BCUT2D eigenvalue weighted by atomic mass is 15.1. The minimum absolute atomic E-state index is 0.573. The van der Waals surface area contributed by atoms with Crippen LogP contribution in [0.3, 0.4) is 0 Å². The zero-order chi connectivity index (χ0) is 24.0. The number of aromatic nitrogens is 2. The van der Waals surface area contributed by atoms with Gasteiger partial charge in [0.25, 0.3) is 0 Å². The van der Waals surface area contributed by atoms with E-state index in [1.165, 1.54) is 0 Å². The van der Waals surface area contributed by atoms with Crippen molar-refractivity contribution in [1.29, 1.82) is 0 Å². The Labute approximate surface area is 169 Å². The summed E-state index contributed by atoms with van der Waals surface area (Å²) in [4.78, 5) is 4.87. The van der Waals surface area contributed by atoms with Crippen LogP contribution in [0.2, 0.25) is 0 Å². The maximum Gasteiger partial charge on any atom is 0.145 e. The number of hydrogen-bond acceptors (Lipinski definition) is 1. The van der Waals surface area contributed by atoms with Gasteiger partial charge in [-0.15, -0.1) is 0 Å². The van der Waals surface area contributed by atoms with E-state index < -0.39 is 25.5 Å². The molecule has 2 unspecified atom stereocenters. The van der Waals surface area contributed by atoms with Gasteiger partial charge < -0.3 is 0 Å². The van der Waals surface area contributed by atoms with Gasteiger partial charge in [0.05, 0.1) is 16.7 Å². The van der Waals surface area contributed by atoms with Crippen LogP contribution in [0, 0.1) is 0 Å². The van der Waals surface area contributed by atoms with Crippen molar-refractivity contribution in [3.8, 4) is 17.1 Å². The summed E-state index contributed by atoms with van der Waals surface area (Å²) in [5.74, 6) is -0.969. The Morgan fingerprint density at radius 2 is 1.41 bits per heavy atom. The van der Waals surface area contributed by atoms with Crippen molar-refractivity contribution in [3.63, 3.8) is 0 Å². The molecule has 2 nitrogen and oxygen atoms in total. The molecule has 4 rings (SSSR count). The molecule has 2 atom stereocenters. The molecule has 4 aromatic rings. The summed E-state index contributed by atoms with van der Waals surface area (Å²) in [6, 6.07) is 22.6. The largest absolute Gasteiger partial charge is 0.292 e. The van der Waals surface area contributed by atoms with Crippen LogP contribution >= 0.6 is 0 Å². The second-order valence-electron chi connectivity index (χ2n) is 6.85. The molecule has 0 aliphatic rings. The van der Waals surface area contributed by atoms with Gasteiger partial charge in [0.15, 0.2) is 0 Å². The highest BCUT2D eigenvalue weighted by Crippen LogP contribution is 2.36. The third-order valence-electron chi connectivity index (χ3n) is 4.85. The predicted molar refractivity (Wildman–Crippen MR) is 115 cm³/mol. The van der Waals surface area contributed by atoms with E-state index in [1.807, 2.05) is 59.2 Å². The smallest absolute Gasteiger partial charge is 0.145 e. The predicted octanol–water partition coefficient (Wildman–Crippen LogP) is 6.94. The fourth-order valence-electron chi connectivity index (χ4n) is 3.57. The average molecular weight is 361 g/mol. The molecule has 3 aromatic carbocycles. The maximum absolute atomic E-state index is 8.08. The molecular formula is C25H26N2. The summed E-state index contributed by atoms with van der Waals surface area (Å²) in [7, 11) is 0. The number of hydrogen-bond donors (Lipinski definition) is 0. The Balaban J connectivity index is 2.15. The fraction of sp³-hybridized carbons (Fsp3) is 0.240. The highest BCUT2D eigenvalue weighted by Gasteiger charge is 2.21. The summed E-state index contributed by atoms with van der Waals surface area (Å²) in [6.07, 6.45) is 0. The van der Waals surface area contributed by atoms with Crippen molar-refractivity contribution < 1.29 is 8.22 Å². The monoisotopic (exact) mass is 360 g/mol. The van der Waals surface area contributed by atoms with Crippen molar-refractivity contribution >= 4 is 11.0 Å². The summed E-state index contributed by atoms with van der Waals surface area (Å²) >= 11 is 0. The number of benzene rings is 3. The quantitative estimate of drug-likeness (QED) is 0.385. The lowest BCUT2D eigenvalue weighted by Crippen LogP contribution is -2.08. The number of imidazole rings is 1. The van der Waals surface area contributed by atoms with E-state index in [2.05, 4.69) is 0 Å². The molecule has 0 aliphatic heterocycles. The van der Waals surface area contributed by atoms with Gasteiger partial charge in [-0.1, -0.05) is 88.2 Å². The number of fused-ring (bicyclic) bond motifs is 1. The van der Waals surface area contributed by atoms with Crippen molar-refractivity contribution in [2.24, 2.45) is 0 Å². The lowest BCUT2D eigenvalue weighted by atomic mass is 9.92. The van der Waals surface area contributed by atoms with Gasteiger partial charge in [0, 0.05) is 13.8 Å². The lowest BCUT2D eigenvalue weighted by Gasteiger charge is -2.22. The molecule has 0 spiro atoms. The minimum Gasteiger partial charge on any atom is -0.292 e. The van der Waals surface area contributed by atoms with Crippen LogP contribution in [0.1, 0.15) is 58.7 Å². The van der Waals surface area contributed by atoms with Gasteiger partial charge in [-0.25, -0.2) is 4.98 Å². The lowest BCUT2D eigenvalue weighted by molar-refractivity contribution is 0.811. The first-order valence-corrected chi connectivity index (χ1v) is 9.16. The summed E-state index contributed by atoms with van der Waals surface area (Å²) in [6.45, 7) is -1.17. The van der Waals surface area contributed by atoms with Gasteiger partial charge in [-0.05, 0) is 35.1 Å². The van der Waals surface area contributed by atoms with E-state index in [1.54, 1.807) is 32.0 Å². The Bertz CT molecular complexity index is 1230. The van der Waals surface area contributed by atoms with E-state index in [-0.39, 0.29) is 0 Å². The van der Waals surface area contributed by atoms with Gasteiger partial charge >= 0.3 is 0 Å². The number of para-hydroxylation sites is 3. The van der Waals surface area contributed by atoms with Crippen LogP contribution in [0.4, 0.5) is 0 Å². The topological polar surface area (TPSA) is 17.8 Å². The van der Waals surface area contributed by atoms with E-state index >= 15 is 0 Å². The summed E-state index contributed by atoms with van der Waals surface area (Å²) < 4.78 is 50.4. The zero-order valence-electron chi connectivity index (χ0n) is 21.5. The second kappa shape index (κ2) is 7.03. The molecule has 0 saturated heterocycles. The van der Waals surface area contributed by atoms with Gasteiger partial charge in [0.1, 0.15) is 5.82 Å². The van der Waals surface area contributed by atoms with Gasteiger partial charge in [-0.3, -0.25) is 4.57 Å². The van der Waals surface area contributed by atoms with Crippen molar-refractivity contribution in [1.82, 2.24) is 9.55 Å². The van der Waals surface area contributed by atoms with Gasteiger partial charge in [0.2, 0.25) is 0 Å². The van der Waals surface area contributed by atoms with E-state index in [0.717, 1.165) is 16.6 Å². The molecule has 0 saturated carbocycles. The molecule has 0 amide bonds. The Hall–Kier alpha value is -2.87. The second-order valence-corrected chi connectivity index (χ2v) is 6.85. The molecule has 1 aromatic heterocycles. The number of rotatable bonds is 4. The van der Waals surface area contributed by atoms with Crippen LogP contribution in [0.15, 0.2) is 72.8 Å². The molecule has 1 heterocycles. The van der Waals surface area contributed by atoms with Crippen LogP contribution in [-0.2, 0) is 0 Å². The Kier molecular flexibility index (Phi) is 3.06. The standard InChI is InChI=1S/C25H26N2/c1-17(2)20-13-10-14-21(18(3)4)24(20)27-23-16-9-8-15-22(23)26-25(27)19-11-6-5-7-12-19/h5-18H,1-4H3/i1D3,3D3. The van der Waals surface area contributed by atoms with Crippen LogP contribution in [-0.4, -0.2) is 9.55 Å². The summed E-state index contributed by atoms with van der Waals surface area (Å²) in [5, 5.41) is 0. The van der Waals surface area contributed by atoms with E-state index in [0.29, 0.717) is 22.6 Å². The fourth-order valence-corrected chi connectivity index (χ4v) is 3.57. The average Bonchev–Trinajstić information content (AvgIpc) is 3.16. The minimum atomic E-state index is -2.25. The SMILES string of the molecule is [2H]C([2H])([2H])C(C)c1cccc(C(C)C([2H])([2H])[2H])c1-n1c(-c2ccccc2)nc2ccccc21. The third-order valence-corrected chi connectivity index (χ3v) is 4.85. The molecular weight excluding hydrogens is 328 g/mol. The molecule has 0 fully saturated rings. The molecule has 2 heteroatoms. The normalized spacial score (nSPS) is 17.9.